The molecular formula is C44H26S2. The quantitative estimate of drug-likeness (QED) is 0.173. The van der Waals surface area contributed by atoms with E-state index in [0.717, 1.165) is 0 Å². The van der Waals surface area contributed by atoms with Crippen LogP contribution in [0.5, 0.6) is 0 Å². The molecular weight excluding hydrogens is 593 g/mol. The summed E-state index contributed by atoms with van der Waals surface area (Å²) in [6, 6.07) is 58.2. The van der Waals surface area contributed by atoms with Crippen molar-refractivity contribution in [3.8, 4) is 32.7 Å². The van der Waals surface area contributed by atoms with Crippen LogP contribution in [0.25, 0.3) is 95.3 Å². The topological polar surface area (TPSA) is 0 Å². The second-order valence-electron chi connectivity index (χ2n) is 12.0. The van der Waals surface area contributed by atoms with Gasteiger partial charge in [0.15, 0.2) is 0 Å². The summed E-state index contributed by atoms with van der Waals surface area (Å²) in [5.41, 5.74) is 6.49. The molecule has 0 saturated carbocycles. The Bertz CT molecular complexity index is 2740. The van der Waals surface area contributed by atoms with Crippen LogP contribution in [0, 0.1) is 0 Å². The summed E-state index contributed by atoms with van der Waals surface area (Å²) in [7, 11) is 0. The zero-order valence-electron chi connectivity index (χ0n) is 24.8. The largest absolute Gasteiger partial charge is 0.135 e. The van der Waals surface area contributed by atoms with Crippen molar-refractivity contribution in [2.24, 2.45) is 0 Å². The van der Waals surface area contributed by atoms with Gasteiger partial charge in [0.1, 0.15) is 0 Å². The first-order valence-corrected chi connectivity index (χ1v) is 17.3. The van der Waals surface area contributed by atoms with Gasteiger partial charge in [0.05, 0.1) is 0 Å². The molecule has 0 radical (unpaired) electrons. The van der Waals surface area contributed by atoms with E-state index in [1.165, 1.54) is 95.3 Å². The van der Waals surface area contributed by atoms with Gasteiger partial charge in [0.2, 0.25) is 0 Å². The number of hydrogen-bond donors (Lipinski definition) is 0. The van der Waals surface area contributed by atoms with Crippen LogP contribution < -0.4 is 0 Å². The summed E-state index contributed by atoms with van der Waals surface area (Å²) in [6.07, 6.45) is 0. The predicted molar refractivity (Wildman–Crippen MR) is 204 cm³/mol. The summed E-state index contributed by atoms with van der Waals surface area (Å²) >= 11 is 3.81. The van der Waals surface area contributed by atoms with Crippen molar-refractivity contribution in [2.75, 3.05) is 0 Å². The molecule has 214 valence electrons. The fourth-order valence-corrected chi connectivity index (χ4v) is 9.89. The van der Waals surface area contributed by atoms with E-state index in [0.29, 0.717) is 0 Å². The van der Waals surface area contributed by atoms with Crippen LogP contribution in [0.15, 0.2) is 158 Å². The van der Waals surface area contributed by atoms with E-state index in [2.05, 4.69) is 158 Å². The van der Waals surface area contributed by atoms with Crippen LogP contribution in [0.4, 0.5) is 0 Å². The number of rotatable bonds is 3. The minimum Gasteiger partial charge on any atom is -0.135 e. The van der Waals surface area contributed by atoms with Gasteiger partial charge in [-0.15, -0.1) is 22.7 Å². The third-order valence-corrected chi connectivity index (χ3v) is 11.8. The van der Waals surface area contributed by atoms with Gasteiger partial charge in [-0.05, 0) is 78.3 Å². The van der Waals surface area contributed by atoms with Crippen molar-refractivity contribution in [2.45, 2.75) is 0 Å². The smallest absolute Gasteiger partial charge is 0.0442 e. The number of benzene rings is 8. The number of thiophene rings is 2. The third kappa shape index (κ3) is 3.78. The van der Waals surface area contributed by atoms with Crippen LogP contribution in [0.3, 0.4) is 0 Å². The maximum Gasteiger partial charge on any atom is 0.0442 e. The summed E-state index contributed by atoms with van der Waals surface area (Å²) in [6.45, 7) is 0. The van der Waals surface area contributed by atoms with Crippen LogP contribution in [-0.2, 0) is 0 Å². The van der Waals surface area contributed by atoms with Gasteiger partial charge in [-0.2, -0.15) is 0 Å². The lowest BCUT2D eigenvalue weighted by molar-refractivity contribution is 1.69. The van der Waals surface area contributed by atoms with Crippen molar-refractivity contribution >= 4 is 85.2 Å². The Morgan fingerprint density at radius 3 is 1.67 bits per heavy atom. The fourth-order valence-electron chi connectivity index (χ4n) is 7.50. The molecule has 2 heterocycles. The molecule has 0 amide bonds. The lowest BCUT2D eigenvalue weighted by Crippen LogP contribution is -1.92. The van der Waals surface area contributed by atoms with Gasteiger partial charge in [-0.25, -0.2) is 0 Å². The number of hydrogen-bond acceptors (Lipinski definition) is 2. The molecule has 0 nitrogen and oxygen atoms in total. The maximum atomic E-state index is 2.40. The lowest BCUT2D eigenvalue weighted by atomic mass is 9.84. The molecule has 0 bridgehead atoms. The average Bonchev–Trinajstić information content (AvgIpc) is 3.73. The summed E-state index contributed by atoms with van der Waals surface area (Å²) in [5, 5.41) is 11.8. The van der Waals surface area contributed by atoms with E-state index in [1.807, 2.05) is 22.7 Å². The van der Waals surface area contributed by atoms with Crippen LogP contribution in [0.1, 0.15) is 0 Å². The van der Waals surface area contributed by atoms with E-state index in [-0.39, 0.29) is 0 Å². The van der Waals surface area contributed by atoms with Gasteiger partial charge in [-0.3, -0.25) is 0 Å². The predicted octanol–water partition coefficient (Wildman–Crippen LogP) is 13.7. The fraction of sp³-hybridized carbons (Fsp3) is 0. The normalized spacial score (nSPS) is 11.9. The Morgan fingerprint density at radius 2 is 0.935 bits per heavy atom. The van der Waals surface area contributed by atoms with Gasteiger partial charge in [0, 0.05) is 35.1 Å². The average molecular weight is 619 g/mol. The van der Waals surface area contributed by atoms with Crippen molar-refractivity contribution in [1.29, 1.82) is 0 Å². The zero-order valence-corrected chi connectivity index (χ0v) is 26.5. The molecule has 10 aromatic rings. The molecule has 0 atom stereocenters. The van der Waals surface area contributed by atoms with E-state index >= 15 is 0 Å². The van der Waals surface area contributed by atoms with Crippen molar-refractivity contribution in [3.63, 3.8) is 0 Å². The van der Waals surface area contributed by atoms with Gasteiger partial charge in [-0.1, -0.05) is 140 Å². The van der Waals surface area contributed by atoms with Crippen molar-refractivity contribution < 1.29 is 0 Å². The molecule has 2 aromatic heterocycles. The minimum atomic E-state index is 1.27. The molecule has 0 N–H and O–H groups in total. The zero-order chi connectivity index (χ0) is 30.2. The summed E-state index contributed by atoms with van der Waals surface area (Å²) < 4.78 is 4.05. The lowest BCUT2D eigenvalue weighted by Gasteiger charge is -2.19. The molecule has 8 aromatic carbocycles. The first-order chi connectivity index (χ1) is 22.8. The van der Waals surface area contributed by atoms with Gasteiger partial charge < -0.3 is 0 Å². The molecule has 2 heteroatoms. The van der Waals surface area contributed by atoms with Crippen LogP contribution in [0.2, 0.25) is 0 Å². The van der Waals surface area contributed by atoms with Gasteiger partial charge >= 0.3 is 0 Å². The first kappa shape index (κ1) is 26.0. The van der Waals surface area contributed by atoms with Crippen LogP contribution in [-0.4, -0.2) is 0 Å². The molecule has 0 saturated heterocycles. The Balaban J connectivity index is 1.31. The Morgan fingerprint density at radius 1 is 0.348 bits per heavy atom. The molecule has 0 aliphatic carbocycles. The van der Waals surface area contributed by atoms with Crippen molar-refractivity contribution in [1.82, 2.24) is 0 Å². The van der Waals surface area contributed by atoms with E-state index in [4.69, 9.17) is 0 Å². The highest BCUT2D eigenvalue weighted by atomic mass is 32.1. The number of fused-ring (bicyclic) bond motifs is 8. The Kier molecular flexibility index (Phi) is 5.72. The third-order valence-electron chi connectivity index (χ3n) is 9.48. The molecule has 0 aliphatic heterocycles. The van der Waals surface area contributed by atoms with E-state index in [1.54, 1.807) is 0 Å². The molecule has 0 unspecified atom stereocenters. The van der Waals surface area contributed by atoms with Crippen LogP contribution >= 0.6 is 22.7 Å². The SMILES string of the molecule is c1ccc(-c2cc3c(ccc4c3sc3cccc(-c5c6ccccc6c(-c6cccc7ccccc67)c6ccccc56)c34)s2)cc1. The summed E-state index contributed by atoms with van der Waals surface area (Å²) in [4.78, 5) is 1.32. The Hall–Kier alpha value is -5.28. The second kappa shape index (κ2) is 10.1. The molecule has 0 spiro atoms. The second-order valence-corrected chi connectivity index (χ2v) is 14.1. The highest BCUT2D eigenvalue weighted by Crippen LogP contribution is 2.50. The van der Waals surface area contributed by atoms with Gasteiger partial charge in [0.25, 0.3) is 0 Å². The molecule has 10 rings (SSSR count). The van der Waals surface area contributed by atoms with E-state index < -0.39 is 0 Å². The Labute approximate surface area is 274 Å². The first-order valence-electron chi connectivity index (χ1n) is 15.7. The minimum absolute atomic E-state index is 1.27. The highest BCUT2D eigenvalue weighted by molar-refractivity contribution is 7.28. The van der Waals surface area contributed by atoms with Crippen molar-refractivity contribution in [3.05, 3.63) is 158 Å². The molecule has 0 fully saturated rings. The monoisotopic (exact) mass is 618 g/mol. The standard InChI is InChI=1S/C44H26S2/c1-2-13-28(14-3-1)40-26-37-38(45-40)25-24-36-43-35(22-11-23-39(43)46-44(36)37)42-33-19-8-6-17-31(33)41(32-18-7-9-20-34(32)42)30-21-10-15-27-12-4-5-16-29(27)30/h1-26H. The molecule has 46 heavy (non-hydrogen) atoms. The maximum absolute atomic E-state index is 2.40. The van der Waals surface area contributed by atoms with E-state index in [9.17, 15) is 0 Å². The molecule has 0 aliphatic rings. The summed E-state index contributed by atoms with van der Waals surface area (Å²) in [5.74, 6) is 0. The highest BCUT2D eigenvalue weighted by Gasteiger charge is 2.21.